The molecule has 1 aliphatic heterocycles. The fraction of sp³-hybridized carbons (Fsp3) is 0.900. The number of rotatable bonds is 1. The van der Waals surface area contributed by atoms with Gasteiger partial charge in [-0.1, -0.05) is 0 Å². The van der Waals surface area contributed by atoms with E-state index in [9.17, 15) is 13.2 Å². The minimum atomic E-state index is -4.23. The van der Waals surface area contributed by atoms with Gasteiger partial charge in [0.15, 0.2) is 0 Å². The predicted molar refractivity (Wildman–Crippen MR) is 50.1 cm³/mol. The van der Waals surface area contributed by atoms with Gasteiger partial charge in [0, 0.05) is 6.04 Å². The molecule has 15 heavy (non-hydrogen) atoms. The highest BCUT2D eigenvalue weighted by Crippen LogP contribution is 2.34. The van der Waals surface area contributed by atoms with Crippen molar-refractivity contribution in [1.29, 1.82) is 5.26 Å². The summed E-state index contributed by atoms with van der Waals surface area (Å²) in [4.78, 5) is 1.27. The minimum Gasteiger partial charge on any atom is -0.274 e. The smallest absolute Gasteiger partial charge is 0.274 e. The first-order chi connectivity index (χ1) is 6.78. The van der Waals surface area contributed by atoms with E-state index in [2.05, 4.69) is 0 Å². The number of nitrogens with zero attached hydrogens (tertiary/aromatic N) is 2. The normalized spacial score (nSPS) is 33.7. The Morgan fingerprint density at radius 3 is 2.60 bits per heavy atom. The number of hydrogen-bond acceptors (Lipinski definition) is 2. The van der Waals surface area contributed by atoms with Crippen molar-refractivity contribution in [2.75, 3.05) is 6.54 Å². The molecular formula is C10H15F3N2. The summed E-state index contributed by atoms with van der Waals surface area (Å²) in [5, 5.41) is 8.98. The van der Waals surface area contributed by atoms with Gasteiger partial charge in [0.2, 0.25) is 0 Å². The molecule has 1 rings (SSSR count). The molecule has 86 valence electrons. The zero-order valence-electron chi connectivity index (χ0n) is 8.93. The molecule has 5 heteroatoms. The van der Waals surface area contributed by atoms with Crippen molar-refractivity contribution in [3.8, 4) is 6.07 Å². The Bertz CT molecular complexity index is 269. The van der Waals surface area contributed by atoms with Gasteiger partial charge in [-0.2, -0.15) is 18.4 Å². The van der Waals surface area contributed by atoms with Crippen LogP contribution in [0.4, 0.5) is 13.2 Å². The van der Waals surface area contributed by atoms with Gasteiger partial charge in [-0.05, 0) is 33.1 Å². The highest BCUT2D eigenvalue weighted by atomic mass is 19.4. The Morgan fingerprint density at radius 2 is 2.13 bits per heavy atom. The van der Waals surface area contributed by atoms with Crippen LogP contribution in [0.5, 0.6) is 0 Å². The van der Waals surface area contributed by atoms with Crippen LogP contribution in [-0.2, 0) is 0 Å². The SMILES string of the molecule is CC1CCCC(C)(C#N)N1CC(F)(F)F. The van der Waals surface area contributed by atoms with Crippen molar-refractivity contribution in [2.24, 2.45) is 0 Å². The van der Waals surface area contributed by atoms with Crippen LogP contribution in [0, 0.1) is 11.3 Å². The van der Waals surface area contributed by atoms with E-state index in [1.54, 1.807) is 13.8 Å². The lowest BCUT2D eigenvalue weighted by Gasteiger charge is -2.44. The molecule has 0 bridgehead atoms. The van der Waals surface area contributed by atoms with E-state index in [1.165, 1.54) is 4.90 Å². The molecule has 0 saturated carbocycles. The molecule has 0 radical (unpaired) electrons. The van der Waals surface area contributed by atoms with E-state index >= 15 is 0 Å². The quantitative estimate of drug-likeness (QED) is 0.679. The summed E-state index contributed by atoms with van der Waals surface area (Å²) in [6, 6.07) is 1.83. The summed E-state index contributed by atoms with van der Waals surface area (Å²) < 4.78 is 37.0. The monoisotopic (exact) mass is 220 g/mol. The molecule has 0 aliphatic carbocycles. The third kappa shape index (κ3) is 2.85. The largest absolute Gasteiger partial charge is 0.401 e. The Labute approximate surface area is 87.7 Å². The predicted octanol–water partition coefficient (Wildman–Crippen LogP) is 2.71. The molecule has 0 spiro atoms. The maximum Gasteiger partial charge on any atom is 0.401 e. The first-order valence-electron chi connectivity index (χ1n) is 5.03. The second-order valence-electron chi connectivity index (χ2n) is 4.37. The fourth-order valence-electron chi connectivity index (χ4n) is 2.17. The molecular weight excluding hydrogens is 205 g/mol. The number of hydrogen-bond donors (Lipinski definition) is 0. The van der Waals surface area contributed by atoms with Crippen molar-refractivity contribution < 1.29 is 13.2 Å². The third-order valence-electron chi connectivity index (χ3n) is 3.04. The van der Waals surface area contributed by atoms with Gasteiger partial charge in [0.05, 0.1) is 12.6 Å². The average molecular weight is 220 g/mol. The Morgan fingerprint density at radius 1 is 1.53 bits per heavy atom. The second kappa shape index (κ2) is 4.01. The van der Waals surface area contributed by atoms with Gasteiger partial charge in [-0.3, -0.25) is 4.90 Å². The lowest BCUT2D eigenvalue weighted by Crippen LogP contribution is -2.56. The summed E-state index contributed by atoms with van der Waals surface area (Å²) in [5.41, 5.74) is -0.965. The van der Waals surface area contributed by atoms with Crippen LogP contribution in [-0.4, -0.2) is 29.2 Å². The first kappa shape index (κ1) is 12.3. The molecule has 2 atom stereocenters. The highest BCUT2D eigenvalue weighted by Gasteiger charge is 2.44. The molecule has 2 nitrogen and oxygen atoms in total. The number of halogens is 3. The molecule has 1 heterocycles. The van der Waals surface area contributed by atoms with Gasteiger partial charge in [-0.15, -0.1) is 0 Å². The molecule has 0 aromatic carbocycles. The van der Waals surface area contributed by atoms with Crippen molar-refractivity contribution >= 4 is 0 Å². The van der Waals surface area contributed by atoms with Gasteiger partial charge < -0.3 is 0 Å². The summed E-state index contributed by atoms with van der Waals surface area (Å²) in [6.07, 6.45) is -2.17. The molecule has 1 saturated heterocycles. The van der Waals surface area contributed by atoms with E-state index in [0.29, 0.717) is 6.42 Å². The van der Waals surface area contributed by atoms with Gasteiger partial charge in [0.1, 0.15) is 5.54 Å². The van der Waals surface area contributed by atoms with Crippen molar-refractivity contribution in [3.05, 3.63) is 0 Å². The van der Waals surface area contributed by atoms with Crippen LogP contribution in [0.2, 0.25) is 0 Å². The molecule has 0 aromatic heterocycles. The maximum atomic E-state index is 12.3. The van der Waals surface area contributed by atoms with E-state index in [0.717, 1.165) is 12.8 Å². The van der Waals surface area contributed by atoms with E-state index in [1.807, 2.05) is 6.07 Å². The third-order valence-corrected chi connectivity index (χ3v) is 3.04. The van der Waals surface area contributed by atoms with Crippen molar-refractivity contribution in [3.63, 3.8) is 0 Å². The number of alkyl halides is 3. The lowest BCUT2D eigenvalue weighted by molar-refractivity contribution is -0.164. The van der Waals surface area contributed by atoms with Crippen molar-refractivity contribution in [2.45, 2.75) is 50.9 Å². The summed E-state index contributed by atoms with van der Waals surface area (Å²) >= 11 is 0. The molecule has 0 N–H and O–H groups in total. The standard InChI is InChI=1S/C10H15F3N2/c1-8-4-3-5-9(2,6-14)15(8)7-10(11,12)13/h8H,3-5,7H2,1-2H3. The zero-order valence-corrected chi connectivity index (χ0v) is 8.93. The minimum absolute atomic E-state index is 0.176. The van der Waals surface area contributed by atoms with Crippen LogP contribution >= 0.6 is 0 Å². The Balaban J connectivity index is 2.84. The van der Waals surface area contributed by atoms with Crippen LogP contribution in [0.3, 0.4) is 0 Å². The van der Waals surface area contributed by atoms with E-state index in [-0.39, 0.29) is 6.04 Å². The molecule has 0 aromatic rings. The topological polar surface area (TPSA) is 27.0 Å². The summed E-state index contributed by atoms with van der Waals surface area (Å²) in [7, 11) is 0. The number of nitriles is 1. The van der Waals surface area contributed by atoms with Gasteiger partial charge in [-0.25, -0.2) is 0 Å². The maximum absolute atomic E-state index is 12.3. The first-order valence-corrected chi connectivity index (χ1v) is 5.03. The van der Waals surface area contributed by atoms with Crippen LogP contribution < -0.4 is 0 Å². The molecule has 1 fully saturated rings. The zero-order chi connectivity index (χ0) is 11.7. The Hall–Kier alpha value is -0.760. The van der Waals surface area contributed by atoms with Gasteiger partial charge >= 0.3 is 6.18 Å². The summed E-state index contributed by atoms with van der Waals surface area (Å²) in [5.74, 6) is 0. The van der Waals surface area contributed by atoms with Crippen LogP contribution in [0.25, 0.3) is 0 Å². The van der Waals surface area contributed by atoms with Crippen LogP contribution in [0.15, 0.2) is 0 Å². The summed E-state index contributed by atoms with van der Waals surface area (Å²) in [6.45, 7) is 2.35. The number of piperidine rings is 1. The Kier molecular flexibility index (Phi) is 3.29. The molecule has 2 unspecified atom stereocenters. The highest BCUT2D eigenvalue weighted by molar-refractivity contribution is 5.08. The average Bonchev–Trinajstić information content (AvgIpc) is 2.10. The number of likely N-dealkylation sites (tertiary alicyclic amines) is 1. The van der Waals surface area contributed by atoms with Gasteiger partial charge in [0.25, 0.3) is 0 Å². The molecule has 1 aliphatic rings. The van der Waals surface area contributed by atoms with E-state index < -0.39 is 18.3 Å². The molecule has 0 amide bonds. The lowest BCUT2D eigenvalue weighted by atomic mass is 9.86. The second-order valence-corrected chi connectivity index (χ2v) is 4.37. The van der Waals surface area contributed by atoms with Crippen LogP contribution in [0.1, 0.15) is 33.1 Å². The fourth-order valence-corrected chi connectivity index (χ4v) is 2.17. The van der Waals surface area contributed by atoms with E-state index in [4.69, 9.17) is 5.26 Å². The van der Waals surface area contributed by atoms with Crippen molar-refractivity contribution in [1.82, 2.24) is 4.90 Å².